The van der Waals surface area contributed by atoms with Gasteiger partial charge in [-0.15, -0.1) is 0 Å². The molecule has 0 aliphatic carbocycles. The summed E-state index contributed by atoms with van der Waals surface area (Å²) in [4.78, 5) is 17.6. The van der Waals surface area contributed by atoms with Gasteiger partial charge in [0, 0.05) is 25.4 Å². The van der Waals surface area contributed by atoms with Crippen molar-refractivity contribution in [1.82, 2.24) is 14.3 Å². The molecule has 0 fully saturated rings. The van der Waals surface area contributed by atoms with Crippen molar-refractivity contribution >= 4 is 27.5 Å². The van der Waals surface area contributed by atoms with Gasteiger partial charge in [0.2, 0.25) is 0 Å². The fourth-order valence-corrected chi connectivity index (χ4v) is 3.82. The summed E-state index contributed by atoms with van der Waals surface area (Å²) < 4.78 is 10.1. The molecule has 0 saturated carbocycles. The van der Waals surface area contributed by atoms with E-state index in [2.05, 4.69) is 10.1 Å². The minimum atomic E-state index is -0.319. The van der Waals surface area contributed by atoms with Crippen molar-refractivity contribution in [3.63, 3.8) is 0 Å². The van der Waals surface area contributed by atoms with Crippen LogP contribution in [0.25, 0.3) is 10.2 Å². The van der Waals surface area contributed by atoms with Crippen LogP contribution in [0.5, 0.6) is 0 Å². The van der Waals surface area contributed by atoms with Gasteiger partial charge < -0.3 is 9.30 Å². The van der Waals surface area contributed by atoms with E-state index < -0.39 is 0 Å². The maximum absolute atomic E-state index is 12.6. The van der Waals surface area contributed by atoms with E-state index in [1.807, 2.05) is 54.3 Å². The van der Waals surface area contributed by atoms with Crippen molar-refractivity contribution < 1.29 is 9.53 Å². The van der Waals surface area contributed by atoms with E-state index >= 15 is 0 Å². The largest absolute Gasteiger partial charge is 0.383 e. The zero-order valence-electron chi connectivity index (χ0n) is 14.9. The van der Waals surface area contributed by atoms with Crippen LogP contribution in [-0.2, 0) is 11.3 Å². The SMILES string of the molecule is COCCn1c(=NC(=O)c2cc(C)n(C(C)C)n2)sc2ccccc21. The summed E-state index contributed by atoms with van der Waals surface area (Å²) >= 11 is 1.50. The predicted molar refractivity (Wildman–Crippen MR) is 98.9 cm³/mol. The van der Waals surface area contributed by atoms with Gasteiger partial charge >= 0.3 is 0 Å². The zero-order chi connectivity index (χ0) is 18.0. The molecule has 2 aromatic heterocycles. The number of carbonyl (C=O) groups excluding carboxylic acids is 1. The van der Waals surface area contributed by atoms with Gasteiger partial charge in [0.25, 0.3) is 5.91 Å². The number of fused-ring (bicyclic) bond motifs is 1. The van der Waals surface area contributed by atoms with Crippen LogP contribution in [0.4, 0.5) is 0 Å². The van der Waals surface area contributed by atoms with Crippen LogP contribution in [0, 0.1) is 6.92 Å². The number of carbonyl (C=O) groups is 1. The molecule has 0 unspecified atom stereocenters. The Kier molecular flexibility index (Phi) is 5.15. The molecule has 2 heterocycles. The molecular formula is C18H22N4O2S. The van der Waals surface area contributed by atoms with E-state index in [1.165, 1.54) is 11.3 Å². The molecule has 0 spiro atoms. The van der Waals surface area contributed by atoms with Crippen LogP contribution in [0.1, 0.15) is 36.1 Å². The molecule has 0 radical (unpaired) electrons. The number of methoxy groups -OCH3 is 1. The third-order valence-corrected chi connectivity index (χ3v) is 4.99. The molecule has 0 saturated heterocycles. The summed E-state index contributed by atoms with van der Waals surface area (Å²) in [5.41, 5.74) is 2.39. The van der Waals surface area contributed by atoms with Crippen molar-refractivity contribution in [1.29, 1.82) is 0 Å². The predicted octanol–water partition coefficient (Wildman–Crippen LogP) is 3.18. The second kappa shape index (κ2) is 7.33. The second-order valence-electron chi connectivity index (χ2n) is 6.12. The molecule has 7 heteroatoms. The van der Waals surface area contributed by atoms with E-state index in [0.717, 1.165) is 15.9 Å². The fraction of sp³-hybridized carbons (Fsp3) is 0.389. The highest BCUT2D eigenvalue weighted by molar-refractivity contribution is 7.16. The molecule has 25 heavy (non-hydrogen) atoms. The van der Waals surface area contributed by atoms with Gasteiger partial charge in [-0.1, -0.05) is 23.5 Å². The van der Waals surface area contributed by atoms with Gasteiger partial charge in [0.1, 0.15) is 0 Å². The first kappa shape index (κ1) is 17.6. The molecule has 1 amide bonds. The van der Waals surface area contributed by atoms with Crippen LogP contribution >= 0.6 is 11.3 Å². The van der Waals surface area contributed by atoms with Crippen LogP contribution in [0.2, 0.25) is 0 Å². The van der Waals surface area contributed by atoms with E-state index in [0.29, 0.717) is 23.6 Å². The summed E-state index contributed by atoms with van der Waals surface area (Å²) in [5, 5.41) is 4.40. The summed E-state index contributed by atoms with van der Waals surface area (Å²) in [6.45, 7) is 7.23. The van der Waals surface area contributed by atoms with Crippen molar-refractivity contribution in [2.75, 3.05) is 13.7 Å². The number of amides is 1. The van der Waals surface area contributed by atoms with Gasteiger partial charge in [0.15, 0.2) is 10.5 Å². The van der Waals surface area contributed by atoms with Crippen LogP contribution in [-0.4, -0.2) is 34.0 Å². The third kappa shape index (κ3) is 3.57. The summed E-state index contributed by atoms with van der Waals surface area (Å²) in [5.74, 6) is -0.319. The normalized spacial score (nSPS) is 12.4. The Hall–Kier alpha value is -2.25. The minimum Gasteiger partial charge on any atom is -0.383 e. The number of nitrogens with zero attached hydrogens (tertiary/aromatic N) is 4. The Morgan fingerprint density at radius 2 is 2.12 bits per heavy atom. The number of ether oxygens (including phenoxy) is 1. The number of rotatable bonds is 5. The Balaban J connectivity index is 2.05. The van der Waals surface area contributed by atoms with Gasteiger partial charge in [0.05, 0.1) is 16.8 Å². The summed E-state index contributed by atoms with van der Waals surface area (Å²) in [7, 11) is 1.67. The molecule has 0 bridgehead atoms. The fourth-order valence-electron chi connectivity index (χ4n) is 2.76. The second-order valence-corrected chi connectivity index (χ2v) is 7.13. The highest BCUT2D eigenvalue weighted by Gasteiger charge is 2.14. The number of thiazole rings is 1. The molecule has 0 aliphatic rings. The Labute approximate surface area is 150 Å². The maximum Gasteiger partial charge on any atom is 0.300 e. The Bertz CT molecular complexity index is 965. The zero-order valence-corrected chi connectivity index (χ0v) is 15.7. The Morgan fingerprint density at radius 3 is 2.80 bits per heavy atom. The molecule has 0 atom stereocenters. The lowest BCUT2D eigenvalue weighted by Gasteiger charge is -2.06. The molecule has 3 aromatic rings. The lowest BCUT2D eigenvalue weighted by Crippen LogP contribution is -2.19. The number of hydrogen-bond donors (Lipinski definition) is 0. The standard InChI is InChI=1S/C18H22N4O2S/c1-12(2)22-13(3)11-14(20-22)17(23)19-18-21(9-10-24-4)15-7-5-6-8-16(15)25-18/h5-8,11-12H,9-10H2,1-4H3. The smallest absolute Gasteiger partial charge is 0.300 e. The van der Waals surface area contributed by atoms with Crippen molar-refractivity contribution in [3.05, 3.63) is 46.5 Å². The lowest BCUT2D eigenvalue weighted by atomic mass is 10.3. The van der Waals surface area contributed by atoms with Crippen LogP contribution in [0.15, 0.2) is 35.3 Å². The maximum atomic E-state index is 12.6. The number of aromatic nitrogens is 3. The molecule has 1 aromatic carbocycles. The van der Waals surface area contributed by atoms with Crippen molar-refractivity contribution in [2.45, 2.75) is 33.4 Å². The third-order valence-electron chi connectivity index (χ3n) is 3.94. The van der Waals surface area contributed by atoms with E-state index in [-0.39, 0.29) is 11.9 Å². The van der Waals surface area contributed by atoms with Gasteiger partial charge in [-0.25, -0.2) is 0 Å². The van der Waals surface area contributed by atoms with E-state index in [9.17, 15) is 4.79 Å². The highest BCUT2D eigenvalue weighted by atomic mass is 32.1. The average Bonchev–Trinajstić information content (AvgIpc) is 3.13. The van der Waals surface area contributed by atoms with Crippen molar-refractivity contribution in [3.8, 4) is 0 Å². The summed E-state index contributed by atoms with van der Waals surface area (Å²) in [6.07, 6.45) is 0. The monoisotopic (exact) mass is 358 g/mol. The molecule has 6 nitrogen and oxygen atoms in total. The van der Waals surface area contributed by atoms with Gasteiger partial charge in [-0.3, -0.25) is 9.48 Å². The quantitative estimate of drug-likeness (QED) is 0.704. The first-order chi connectivity index (χ1) is 12.0. The molecule has 0 aliphatic heterocycles. The molecule has 0 N–H and O–H groups in total. The molecule has 3 rings (SSSR count). The topological polar surface area (TPSA) is 61.4 Å². The minimum absolute atomic E-state index is 0.206. The van der Waals surface area contributed by atoms with Crippen LogP contribution < -0.4 is 4.80 Å². The van der Waals surface area contributed by atoms with E-state index in [1.54, 1.807) is 13.2 Å². The van der Waals surface area contributed by atoms with E-state index in [4.69, 9.17) is 4.74 Å². The lowest BCUT2D eigenvalue weighted by molar-refractivity contribution is 0.0991. The number of para-hydroxylation sites is 1. The number of benzene rings is 1. The summed E-state index contributed by atoms with van der Waals surface area (Å²) in [6, 6.07) is 10.0. The number of hydrogen-bond acceptors (Lipinski definition) is 4. The van der Waals surface area contributed by atoms with Gasteiger partial charge in [-0.2, -0.15) is 10.1 Å². The number of aryl methyl sites for hydroxylation is 1. The molecular weight excluding hydrogens is 336 g/mol. The first-order valence-electron chi connectivity index (χ1n) is 8.23. The average molecular weight is 358 g/mol. The van der Waals surface area contributed by atoms with Crippen molar-refractivity contribution in [2.24, 2.45) is 4.99 Å². The highest BCUT2D eigenvalue weighted by Crippen LogP contribution is 2.17. The molecule has 132 valence electrons. The van der Waals surface area contributed by atoms with Gasteiger partial charge in [-0.05, 0) is 39.0 Å². The first-order valence-corrected chi connectivity index (χ1v) is 9.05. The Morgan fingerprint density at radius 1 is 1.36 bits per heavy atom. The van der Waals surface area contributed by atoms with Crippen LogP contribution in [0.3, 0.4) is 0 Å².